The highest BCUT2D eigenvalue weighted by Crippen LogP contribution is 2.18. The van der Waals surface area contributed by atoms with Crippen molar-refractivity contribution >= 4 is 5.91 Å². The molecule has 7 nitrogen and oxygen atoms in total. The molecule has 7 heteroatoms. The molecule has 0 radical (unpaired) electrons. The van der Waals surface area contributed by atoms with Gasteiger partial charge in [-0.2, -0.15) is 0 Å². The Morgan fingerprint density at radius 1 is 1.43 bits per heavy atom. The number of aryl methyl sites for hydroxylation is 1. The molecule has 2 heterocycles. The van der Waals surface area contributed by atoms with Gasteiger partial charge in [-0.25, -0.2) is 4.68 Å². The Kier molecular flexibility index (Phi) is 6.13. The molecule has 0 aromatic carbocycles. The number of carbonyl (C=O) groups excluding carboxylic acids is 1. The Labute approximate surface area is 125 Å². The first kappa shape index (κ1) is 15.9. The summed E-state index contributed by atoms with van der Waals surface area (Å²) in [5.41, 5.74) is 6.48. The summed E-state index contributed by atoms with van der Waals surface area (Å²) >= 11 is 0. The van der Waals surface area contributed by atoms with Crippen molar-refractivity contribution in [1.82, 2.24) is 25.2 Å². The first-order valence-corrected chi connectivity index (χ1v) is 7.86. The van der Waals surface area contributed by atoms with Crippen LogP contribution in [0.3, 0.4) is 0 Å². The first-order chi connectivity index (χ1) is 10.3. The van der Waals surface area contributed by atoms with Crippen molar-refractivity contribution in [2.75, 3.05) is 32.7 Å². The molecule has 0 unspecified atom stereocenters. The van der Waals surface area contributed by atoms with E-state index in [9.17, 15) is 4.79 Å². The maximum absolute atomic E-state index is 12.8. The Morgan fingerprint density at radius 2 is 2.19 bits per heavy atom. The van der Waals surface area contributed by atoms with Gasteiger partial charge >= 0.3 is 0 Å². The van der Waals surface area contributed by atoms with Gasteiger partial charge in [0, 0.05) is 32.4 Å². The van der Waals surface area contributed by atoms with E-state index in [-0.39, 0.29) is 11.9 Å². The molecule has 1 aromatic rings. The molecule has 1 fully saturated rings. The third-order valence-corrected chi connectivity index (χ3v) is 3.88. The van der Waals surface area contributed by atoms with Gasteiger partial charge in [0.2, 0.25) is 5.91 Å². The molecule has 1 atom stereocenters. The average molecular weight is 294 g/mol. The van der Waals surface area contributed by atoms with Crippen molar-refractivity contribution in [3.8, 4) is 0 Å². The molecule has 2 rings (SSSR count). The number of rotatable bonds is 7. The highest BCUT2D eigenvalue weighted by atomic mass is 16.2. The molecule has 3 N–H and O–H groups in total. The molecule has 0 bridgehead atoms. The van der Waals surface area contributed by atoms with Crippen molar-refractivity contribution in [3.05, 3.63) is 11.9 Å². The van der Waals surface area contributed by atoms with Crippen LogP contribution in [0.4, 0.5) is 0 Å². The number of piperazine rings is 1. The minimum absolute atomic E-state index is 0.154. The van der Waals surface area contributed by atoms with Crippen LogP contribution in [0.5, 0.6) is 0 Å². The van der Waals surface area contributed by atoms with Gasteiger partial charge in [0.25, 0.3) is 0 Å². The smallest absolute Gasteiger partial charge is 0.247 e. The number of amides is 1. The van der Waals surface area contributed by atoms with Crippen LogP contribution in [0.25, 0.3) is 0 Å². The molecule has 0 aliphatic carbocycles. The van der Waals surface area contributed by atoms with Gasteiger partial charge in [-0.1, -0.05) is 12.1 Å². The quantitative estimate of drug-likeness (QED) is 0.688. The molecule has 1 aromatic heterocycles. The highest BCUT2D eigenvalue weighted by molar-refractivity contribution is 5.80. The van der Waals surface area contributed by atoms with Crippen LogP contribution in [-0.4, -0.2) is 58.5 Å². The zero-order valence-corrected chi connectivity index (χ0v) is 12.8. The Balaban J connectivity index is 2.08. The molecule has 21 heavy (non-hydrogen) atoms. The lowest BCUT2D eigenvalue weighted by atomic mass is 10.1. The van der Waals surface area contributed by atoms with Crippen LogP contribution in [-0.2, 0) is 11.2 Å². The van der Waals surface area contributed by atoms with E-state index >= 15 is 0 Å². The van der Waals surface area contributed by atoms with Gasteiger partial charge in [0.05, 0.1) is 5.69 Å². The first-order valence-electron chi connectivity index (χ1n) is 7.86. The summed E-state index contributed by atoms with van der Waals surface area (Å²) in [7, 11) is 0. The molecule has 1 amide bonds. The fourth-order valence-corrected chi connectivity index (χ4v) is 2.57. The molecular formula is C14H26N6O. The van der Waals surface area contributed by atoms with Gasteiger partial charge in [-0.15, -0.1) is 5.10 Å². The van der Waals surface area contributed by atoms with Crippen LogP contribution >= 0.6 is 0 Å². The summed E-state index contributed by atoms with van der Waals surface area (Å²) in [4.78, 5) is 14.7. The van der Waals surface area contributed by atoms with Crippen molar-refractivity contribution in [2.45, 2.75) is 38.6 Å². The molecule has 1 aliphatic rings. The van der Waals surface area contributed by atoms with E-state index < -0.39 is 0 Å². The number of aromatic nitrogens is 3. The van der Waals surface area contributed by atoms with Crippen LogP contribution in [0, 0.1) is 0 Å². The largest absolute Gasteiger partial charge is 0.338 e. The van der Waals surface area contributed by atoms with Crippen LogP contribution in [0.2, 0.25) is 0 Å². The Hall–Kier alpha value is -1.47. The molecule has 1 saturated heterocycles. The van der Waals surface area contributed by atoms with E-state index in [0.29, 0.717) is 6.54 Å². The molecular weight excluding hydrogens is 268 g/mol. The molecule has 118 valence electrons. The minimum Gasteiger partial charge on any atom is -0.338 e. The van der Waals surface area contributed by atoms with Gasteiger partial charge in [0.15, 0.2) is 0 Å². The highest BCUT2D eigenvalue weighted by Gasteiger charge is 2.27. The predicted octanol–water partition coefficient (Wildman–Crippen LogP) is -0.0576. The van der Waals surface area contributed by atoms with E-state index in [1.54, 1.807) is 4.68 Å². The standard InChI is InChI=1S/C14H26N6O/c1-2-12-11-20(18-17-12)13(5-3-4-6-15)14(21)19-9-7-16-8-10-19/h11,13,16H,2-10,15H2,1H3/t13-/m0/s1. The second-order valence-corrected chi connectivity index (χ2v) is 5.42. The summed E-state index contributed by atoms with van der Waals surface area (Å²) < 4.78 is 1.74. The van der Waals surface area contributed by atoms with E-state index in [1.807, 2.05) is 18.0 Å². The fraction of sp³-hybridized carbons (Fsp3) is 0.786. The Morgan fingerprint density at radius 3 is 2.81 bits per heavy atom. The van der Waals surface area contributed by atoms with E-state index in [4.69, 9.17) is 5.73 Å². The third kappa shape index (κ3) is 4.25. The SMILES string of the molecule is CCc1cn([C@@H](CCCCN)C(=O)N2CCNCC2)nn1. The molecule has 0 spiro atoms. The third-order valence-electron chi connectivity index (χ3n) is 3.88. The van der Waals surface area contributed by atoms with Crippen molar-refractivity contribution in [2.24, 2.45) is 5.73 Å². The second-order valence-electron chi connectivity index (χ2n) is 5.42. The van der Waals surface area contributed by atoms with E-state index in [0.717, 1.165) is 57.6 Å². The number of nitrogens with one attached hydrogen (secondary N) is 1. The van der Waals surface area contributed by atoms with Crippen LogP contribution < -0.4 is 11.1 Å². The lowest BCUT2D eigenvalue weighted by molar-refractivity contribution is -0.136. The summed E-state index contributed by atoms with van der Waals surface area (Å²) in [6, 6.07) is -0.248. The topological polar surface area (TPSA) is 89.1 Å². The van der Waals surface area contributed by atoms with Crippen LogP contribution in [0.15, 0.2) is 6.20 Å². The lowest BCUT2D eigenvalue weighted by Crippen LogP contribution is -2.48. The van der Waals surface area contributed by atoms with E-state index in [1.165, 1.54) is 0 Å². The monoisotopic (exact) mass is 294 g/mol. The predicted molar refractivity (Wildman–Crippen MR) is 80.8 cm³/mol. The fourth-order valence-electron chi connectivity index (χ4n) is 2.57. The van der Waals surface area contributed by atoms with Gasteiger partial charge in [-0.3, -0.25) is 4.79 Å². The average Bonchev–Trinajstić information content (AvgIpc) is 3.00. The van der Waals surface area contributed by atoms with Crippen LogP contribution in [0.1, 0.15) is 37.9 Å². The molecule has 1 aliphatic heterocycles. The van der Waals surface area contributed by atoms with Crippen molar-refractivity contribution in [1.29, 1.82) is 0 Å². The van der Waals surface area contributed by atoms with Gasteiger partial charge in [-0.05, 0) is 32.2 Å². The van der Waals surface area contributed by atoms with Crippen molar-refractivity contribution in [3.63, 3.8) is 0 Å². The van der Waals surface area contributed by atoms with Crippen molar-refractivity contribution < 1.29 is 4.79 Å². The maximum Gasteiger partial charge on any atom is 0.247 e. The summed E-state index contributed by atoms with van der Waals surface area (Å²) in [6.07, 6.45) is 5.36. The summed E-state index contributed by atoms with van der Waals surface area (Å²) in [5, 5.41) is 11.5. The number of nitrogens with two attached hydrogens (primary N) is 1. The minimum atomic E-state index is -0.248. The number of nitrogens with zero attached hydrogens (tertiary/aromatic N) is 4. The maximum atomic E-state index is 12.8. The zero-order chi connectivity index (χ0) is 15.1. The zero-order valence-electron chi connectivity index (χ0n) is 12.8. The van der Waals surface area contributed by atoms with Gasteiger partial charge in [0.1, 0.15) is 6.04 Å². The normalized spacial score (nSPS) is 17.0. The second kappa shape index (κ2) is 8.09. The number of unbranched alkanes of at least 4 members (excludes halogenated alkanes) is 1. The lowest BCUT2D eigenvalue weighted by Gasteiger charge is -2.30. The summed E-state index contributed by atoms with van der Waals surface area (Å²) in [6.45, 7) is 5.95. The molecule has 0 saturated carbocycles. The number of hydrogen-bond acceptors (Lipinski definition) is 5. The number of carbonyl (C=O) groups is 1. The summed E-state index contributed by atoms with van der Waals surface area (Å²) in [5.74, 6) is 0.154. The van der Waals surface area contributed by atoms with E-state index in [2.05, 4.69) is 15.6 Å². The number of hydrogen-bond donors (Lipinski definition) is 2. The Bertz CT molecular complexity index is 440. The van der Waals surface area contributed by atoms with Gasteiger partial charge < -0.3 is 16.0 Å².